The van der Waals surface area contributed by atoms with Gasteiger partial charge in [0, 0.05) is 22.0 Å². The number of hydrogen-bond donors (Lipinski definition) is 2. The van der Waals surface area contributed by atoms with E-state index in [0.717, 1.165) is 32.7 Å². The zero-order valence-electron chi connectivity index (χ0n) is 15.7. The molecule has 0 unspecified atom stereocenters. The Morgan fingerprint density at radius 2 is 1.93 bits per heavy atom. The molecule has 5 nitrogen and oxygen atoms in total. The summed E-state index contributed by atoms with van der Waals surface area (Å²) < 4.78 is -0.897. The second-order valence-electron chi connectivity index (χ2n) is 7.52. The van der Waals surface area contributed by atoms with Crippen LogP contribution in [0, 0.1) is 11.3 Å². The van der Waals surface area contributed by atoms with E-state index in [0.29, 0.717) is 0 Å². The lowest BCUT2D eigenvalue weighted by atomic mass is 9.86. The van der Waals surface area contributed by atoms with E-state index >= 15 is 0 Å². The van der Waals surface area contributed by atoms with Gasteiger partial charge in [-0.25, -0.2) is 0 Å². The number of rotatable bonds is 5. The zero-order valence-corrected chi connectivity index (χ0v) is 16.5. The molecule has 3 aromatic rings. The molecule has 0 fully saturated rings. The van der Waals surface area contributed by atoms with Crippen molar-refractivity contribution in [2.75, 3.05) is 0 Å². The molecule has 27 heavy (non-hydrogen) atoms. The van der Waals surface area contributed by atoms with Crippen LogP contribution >= 0.6 is 11.8 Å². The highest BCUT2D eigenvalue weighted by Crippen LogP contribution is 2.35. The van der Waals surface area contributed by atoms with Crippen LogP contribution in [-0.2, 0) is 10.2 Å². The number of nitriles is 1. The molecule has 0 saturated heterocycles. The molecule has 2 N–H and O–H groups in total. The van der Waals surface area contributed by atoms with Crippen LogP contribution in [0.3, 0.4) is 0 Å². The van der Waals surface area contributed by atoms with Crippen molar-refractivity contribution in [3.05, 3.63) is 48.2 Å². The first-order chi connectivity index (χ1) is 12.6. The maximum absolute atomic E-state index is 11.4. The van der Waals surface area contributed by atoms with Gasteiger partial charge in [0.15, 0.2) is 0 Å². The summed E-state index contributed by atoms with van der Waals surface area (Å²) in [5, 5.41) is 19.7. The highest BCUT2D eigenvalue weighted by atomic mass is 32.2. The fourth-order valence-electron chi connectivity index (χ4n) is 2.68. The van der Waals surface area contributed by atoms with Gasteiger partial charge in [0.05, 0.1) is 22.9 Å². The van der Waals surface area contributed by atoms with Crippen molar-refractivity contribution in [3.8, 4) is 17.5 Å². The number of carboxylic acid groups (broad SMARTS) is 1. The topological polar surface area (TPSA) is 89.8 Å². The Balaban J connectivity index is 1.98. The molecule has 0 aliphatic rings. The molecule has 138 valence electrons. The molecule has 0 amide bonds. The number of aromatic amines is 1. The minimum Gasteiger partial charge on any atom is -0.480 e. The molecule has 0 saturated carbocycles. The lowest BCUT2D eigenvalue weighted by Gasteiger charge is -2.18. The number of fused-ring (bicyclic) bond motifs is 1. The fraction of sp³-hybridized carbons (Fsp3) is 0.286. The highest BCUT2D eigenvalue weighted by Gasteiger charge is 2.28. The summed E-state index contributed by atoms with van der Waals surface area (Å²) in [7, 11) is 0. The smallest absolute Gasteiger partial charge is 0.319 e. The van der Waals surface area contributed by atoms with E-state index in [2.05, 4.69) is 16.0 Å². The minimum absolute atomic E-state index is 0.587. The Kier molecular flexibility index (Phi) is 4.75. The van der Waals surface area contributed by atoms with Crippen LogP contribution in [0.25, 0.3) is 22.3 Å². The molecule has 0 aliphatic heterocycles. The lowest BCUT2D eigenvalue weighted by molar-refractivity contribution is -0.138. The molecule has 0 radical (unpaired) electrons. The minimum atomic E-state index is -0.897. The number of H-pyrrole nitrogens is 1. The van der Waals surface area contributed by atoms with Gasteiger partial charge in [-0.15, -0.1) is 11.8 Å². The van der Waals surface area contributed by atoms with Crippen LogP contribution in [0.4, 0.5) is 0 Å². The number of carboxylic acids is 1. The average molecular weight is 379 g/mol. The third kappa shape index (κ3) is 3.83. The maximum Gasteiger partial charge on any atom is 0.319 e. The number of nitrogens with zero attached hydrogens (tertiary/aromatic N) is 2. The number of benzene rings is 1. The molecule has 3 rings (SSSR count). The van der Waals surface area contributed by atoms with E-state index in [1.807, 2.05) is 50.2 Å². The first-order valence-electron chi connectivity index (χ1n) is 8.56. The van der Waals surface area contributed by atoms with Gasteiger partial charge in [-0.2, -0.15) is 5.26 Å². The maximum atomic E-state index is 11.4. The average Bonchev–Trinajstić information content (AvgIpc) is 3.04. The van der Waals surface area contributed by atoms with Crippen molar-refractivity contribution in [1.82, 2.24) is 9.97 Å². The molecule has 6 heteroatoms. The van der Waals surface area contributed by atoms with E-state index in [1.54, 1.807) is 20.0 Å². The molecule has 0 bridgehead atoms. The van der Waals surface area contributed by atoms with Crippen molar-refractivity contribution in [2.45, 2.75) is 42.8 Å². The van der Waals surface area contributed by atoms with Gasteiger partial charge in [-0.3, -0.25) is 9.78 Å². The van der Waals surface area contributed by atoms with Crippen LogP contribution in [0.15, 0.2) is 47.5 Å². The van der Waals surface area contributed by atoms with E-state index in [9.17, 15) is 15.2 Å². The number of hydrogen-bond acceptors (Lipinski definition) is 4. The number of nitrogens with one attached hydrogen (secondary N) is 1. The Labute approximate surface area is 162 Å². The lowest BCUT2D eigenvalue weighted by Crippen LogP contribution is -2.26. The quantitative estimate of drug-likeness (QED) is 0.610. The largest absolute Gasteiger partial charge is 0.480 e. The first kappa shape index (κ1) is 19.0. The molecular formula is C21H21N3O2S. The molecule has 1 aromatic carbocycles. The fourth-order valence-corrected chi connectivity index (χ4v) is 3.68. The van der Waals surface area contributed by atoms with Crippen LogP contribution < -0.4 is 0 Å². The normalized spacial score (nSPS) is 12.1. The number of pyridine rings is 1. The van der Waals surface area contributed by atoms with Crippen LogP contribution in [-0.4, -0.2) is 25.8 Å². The van der Waals surface area contributed by atoms with Crippen molar-refractivity contribution in [2.24, 2.45) is 0 Å². The predicted molar refractivity (Wildman–Crippen MR) is 108 cm³/mol. The summed E-state index contributed by atoms with van der Waals surface area (Å²) in [6.45, 7) is 7.15. The Bertz CT molecular complexity index is 1060. The summed E-state index contributed by atoms with van der Waals surface area (Å²) in [6, 6.07) is 13.9. The Morgan fingerprint density at radius 3 is 2.59 bits per heavy atom. The van der Waals surface area contributed by atoms with Gasteiger partial charge >= 0.3 is 5.97 Å². The first-order valence-corrected chi connectivity index (χ1v) is 9.37. The second kappa shape index (κ2) is 6.75. The number of thioether (sulfide) groups is 1. The molecule has 0 spiro atoms. The van der Waals surface area contributed by atoms with Crippen molar-refractivity contribution in [1.29, 1.82) is 5.26 Å². The van der Waals surface area contributed by atoms with Gasteiger partial charge in [0.1, 0.15) is 4.75 Å². The summed E-state index contributed by atoms with van der Waals surface area (Å²) in [6.07, 6.45) is 1.71. The second-order valence-corrected chi connectivity index (χ2v) is 9.21. The predicted octanol–water partition coefficient (Wildman–Crippen LogP) is 4.99. The summed E-state index contributed by atoms with van der Waals surface area (Å²) in [5.41, 5.74) is 2.91. The number of carbonyl (C=O) groups is 1. The van der Waals surface area contributed by atoms with Gasteiger partial charge in [0.2, 0.25) is 0 Å². The third-order valence-corrected chi connectivity index (χ3v) is 5.69. The molecule has 0 atom stereocenters. The molecular weight excluding hydrogens is 358 g/mol. The highest BCUT2D eigenvalue weighted by molar-refractivity contribution is 8.01. The van der Waals surface area contributed by atoms with Gasteiger partial charge < -0.3 is 10.1 Å². The number of aliphatic carboxylic acids is 1. The summed E-state index contributed by atoms with van der Waals surface area (Å²) in [4.78, 5) is 20.0. The number of aromatic nitrogens is 2. The molecule has 0 aliphatic carbocycles. The van der Waals surface area contributed by atoms with Crippen molar-refractivity contribution >= 4 is 28.6 Å². The Hall–Kier alpha value is -2.78. The van der Waals surface area contributed by atoms with Gasteiger partial charge in [-0.1, -0.05) is 0 Å². The summed E-state index contributed by atoms with van der Waals surface area (Å²) in [5.74, 6) is -0.844. The van der Waals surface area contributed by atoms with Crippen LogP contribution in [0.2, 0.25) is 0 Å². The third-order valence-electron chi connectivity index (χ3n) is 4.52. The van der Waals surface area contributed by atoms with E-state index in [4.69, 9.17) is 0 Å². The van der Waals surface area contributed by atoms with E-state index < -0.39 is 16.1 Å². The van der Waals surface area contributed by atoms with Crippen molar-refractivity contribution in [3.63, 3.8) is 0 Å². The monoisotopic (exact) mass is 379 g/mol. The van der Waals surface area contributed by atoms with Gasteiger partial charge in [-0.05, 0) is 69.7 Å². The Morgan fingerprint density at radius 1 is 1.19 bits per heavy atom. The molecule has 2 heterocycles. The standard InChI is InChI=1S/C21H21N3O2S/c1-20(2,12-22)14-7-8-23-17(11-14)18-10-13-9-15(5-6-16(13)24-18)27-21(3,4)19(25)26/h5-11,24H,1-4H3,(H,25,26). The van der Waals surface area contributed by atoms with Gasteiger partial charge in [0.25, 0.3) is 0 Å². The van der Waals surface area contributed by atoms with E-state index in [-0.39, 0.29) is 0 Å². The summed E-state index contributed by atoms with van der Waals surface area (Å²) >= 11 is 1.32. The SMILES string of the molecule is CC(C)(Sc1ccc2[nH]c(-c3cc(C(C)(C)C#N)ccn3)cc2c1)C(=O)O. The van der Waals surface area contributed by atoms with E-state index in [1.165, 1.54) is 11.8 Å². The van der Waals surface area contributed by atoms with Crippen molar-refractivity contribution < 1.29 is 9.90 Å². The van der Waals surface area contributed by atoms with Crippen LogP contribution in [0.1, 0.15) is 33.3 Å². The zero-order chi connectivity index (χ0) is 19.8. The molecule has 2 aromatic heterocycles. The van der Waals surface area contributed by atoms with Crippen LogP contribution in [0.5, 0.6) is 0 Å².